The lowest BCUT2D eigenvalue weighted by Gasteiger charge is -2.17. The van der Waals surface area contributed by atoms with Crippen LogP contribution in [0.5, 0.6) is 5.75 Å². The van der Waals surface area contributed by atoms with Gasteiger partial charge in [-0.25, -0.2) is 4.98 Å². The highest BCUT2D eigenvalue weighted by molar-refractivity contribution is 5.81. The minimum atomic E-state index is 0.531. The SMILES string of the molecule is CCCC(C)n1ccc2cc(OCCc3ccc4c(n3)NCCC4)ccc21. The van der Waals surface area contributed by atoms with Crippen molar-refractivity contribution in [3.8, 4) is 5.75 Å². The minimum absolute atomic E-state index is 0.531. The van der Waals surface area contributed by atoms with Crippen LogP contribution in [0.25, 0.3) is 10.9 Å². The lowest BCUT2D eigenvalue weighted by atomic mass is 10.1. The van der Waals surface area contributed by atoms with E-state index >= 15 is 0 Å². The molecule has 27 heavy (non-hydrogen) atoms. The molecule has 142 valence electrons. The maximum Gasteiger partial charge on any atom is 0.129 e. The van der Waals surface area contributed by atoms with Crippen LogP contribution in [0.4, 0.5) is 5.82 Å². The normalized spacial score (nSPS) is 14.6. The number of rotatable bonds is 7. The fraction of sp³-hybridized carbons (Fsp3) is 0.435. The van der Waals surface area contributed by atoms with Crippen LogP contribution in [-0.2, 0) is 12.8 Å². The Labute approximate surface area is 161 Å². The van der Waals surface area contributed by atoms with Gasteiger partial charge in [-0.05, 0) is 62.1 Å². The summed E-state index contributed by atoms with van der Waals surface area (Å²) in [5, 5.41) is 4.64. The molecule has 0 saturated carbocycles. The van der Waals surface area contributed by atoms with Crippen molar-refractivity contribution in [2.24, 2.45) is 0 Å². The molecule has 0 saturated heterocycles. The summed E-state index contributed by atoms with van der Waals surface area (Å²) in [5.74, 6) is 1.99. The van der Waals surface area contributed by atoms with Gasteiger partial charge in [0.1, 0.15) is 11.6 Å². The second-order valence-corrected chi connectivity index (χ2v) is 7.52. The minimum Gasteiger partial charge on any atom is -0.493 e. The molecule has 1 aliphatic rings. The third-order valence-electron chi connectivity index (χ3n) is 5.45. The zero-order chi connectivity index (χ0) is 18.6. The molecule has 4 heteroatoms. The van der Waals surface area contributed by atoms with Gasteiger partial charge in [-0.3, -0.25) is 0 Å². The molecule has 1 atom stereocenters. The topological polar surface area (TPSA) is 39.1 Å². The molecule has 3 heterocycles. The monoisotopic (exact) mass is 363 g/mol. The summed E-state index contributed by atoms with van der Waals surface area (Å²) in [6.45, 7) is 6.19. The van der Waals surface area contributed by atoms with Crippen LogP contribution >= 0.6 is 0 Å². The Bertz CT molecular complexity index is 915. The van der Waals surface area contributed by atoms with E-state index in [1.54, 1.807) is 0 Å². The fourth-order valence-electron chi connectivity index (χ4n) is 3.95. The number of hydrogen-bond donors (Lipinski definition) is 1. The second-order valence-electron chi connectivity index (χ2n) is 7.52. The van der Waals surface area contributed by atoms with Crippen molar-refractivity contribution >= 4 is 16.7 Å². The zero-order valence-electron chi connectivity index (χ0n) is 16.4. The molecule has 1 aromatic carbocycles. The van der Waals surface area contributed by atoms with E-state index in [1.165, 1.54) is 35.7 Å². The lowest BCUT2D eigenvalue weighted by molar-refractivity contribution is 0.321. The molecule has 1 aliphatic heterocycles. The number of aromatic nitrogens is 2. The molecule has 1 N–H and O–H groups in total. The van der Waals surface area contributed by atoms with E-state index in [9.17, 15) is 0 Å². The van der Waals surface area contributed by atoms with Crippen LogP contribution in [-0.4, -0.2) is 22.7 Å². The first kappa shape index (κ1) is 17.9. The van der Waals surface area contributed by atoms with Gasteiger partial charge in [-0.1, -0.05) is 19.4 Å². The van der Waals surface area contributed by atoms with E-state index in [0.29, 0.717) is 12.6 Å². The number of fused-ring (bicyclic) bond motifs is 2. The molecule has 0 radical (unpaired) electrons. The number of nitrogens with one attached hydrogen (secondary N) is 1. The van der Waals surface area contributed by atoms with Gasteiger partial charge in [0.2, 0.25) is 0 Å². The standard InChI is InChI=1S/C23H29N3O/c1-3-5-17(2)26-14-11-19-16-21(9-10-22(19)26)27-15-12-20-8-7-18-6-4-13-24-23(18)25-20/h7-11,14,16-17H,3-6,12-13,15H2,1-2H3,(H,24,25). The molecule has 3 aromatic rings. The Morgan fingerprint density at radius 3 is 3.04 bits per heavy atom. The summed E-state index contributed by atoms with van der Waals surface area (Å²) in [6.07, 6.45) is 7.74. The van der Waals surface area contributed by atoms with Crippen LogP contribution in [0.1, 0.15) is 50.4 Å². The molecular weight excluding hydrogens is 334 g/mol. The Morgan fingerprint density at radius 2 is 2.15 bits per heavy atom. The molecule has 0 spiro atoms. The van der Waals surface area contributed by atoms with Crippen molar-refractivity contribution in [2.75, 3.05) is 18.5 Å². The van der Waals surface area contributed by atoms with Crippen LogP contribution in [0, 0.1) is 0 Å². The molecule has 2 aromatic heterocycles. The number of anilines is 1. The Kier molecular flexibility index (Phi) is 5.33. The van der Waals surface area contributed by atoms with E-state index in [0.717, 1.165) is 36.6 Å². The van der Waals surface area contributed by atoms with Gasteiger partial charge in [0.25, 0.3) is 0 Å². The maximum atomic E-state index is 6.01. The predicted octanol–water partition coefficient (Wildman–Crippen LogP) is 5.38. The smallest absolute Gasteiger partial charge is 0.129 e. The van der Waals surface area contributed by atoms with Gasteiger partial charge >= 0.3 is 0 Å². The van der Waals surface area contributed by atoms with Crippen molar-refractivity contribution in [3.63, 3.8) is 0 Å². The van der Waals surface area contributed by atoms with Crippen molar-refractivity contribution in [1.82, 2.24) is 9.55 Å². The predicted molar refractivity (Wildman–Crippen MR) is 112 cm³/mol. The first-order chi connectivity index (χ1) is 13.2. The molecule has 0 fully saturated rings. The van der Waals surface area contributed by atoms with Gasteiger partial charge < -0.3 is 14.6 Å². The summed E-state index contributed by atoms with van der Waals surface area (Å²) < 4.78 is 8.38. The van der Waals surface area contributed by atoms with Crippen molar-refractivity contribution in [1.29, 1.82) is 0 Å². The van der Waals surface area contributed by atoms with Crippen LogP contribution in [0.2, 0.25) is 0 Å². The largest absolute Gasteiger partial charge is 0.493 e. The Morgan fingerprint density at radius 1 is 1.22 bits per heavy atom. The lowest BCUT2D eigenvalue weighted by Crippen LogP contribution is -2.14. The number of pyridine rings is 1. The highest BCUT2D eigenvalue weighted by atomic mass is 16.5. The van der Waals surface area contributed by atoms with E-state index in [2.05, 4.69) is 66.3 Å². The Hall–Kier alpha value is -2.49. The molecule has 0 bridgehead atoms. The number of ether oxygens (including phenoxy) is 1. The number of nitrogens with zero attached hydrogens (tertiary/aromatic N) is 2. The Balaban J connectivity index is 1.39. The first-order valence-electron chi connectivity index (χ1n) is 10.2. The average molecular weight is 364 g/mol. The first-order valence-corrected chi connectivity index (χ1v) is 10.2. The van der Waals surface area contributed by atoms with Crippen LogP contribution in [0.15, 0.2) is 42.6 Å². The third-order valence-corrected chi connectivity index (χ3v) is 5.45. The fourth-order valence-corrected chi connectivity index (χ4v) is 3.95. The van der Waals surface area contributed by atoms with Crippen LogP contribution < -0.4 is 10.1 Å². The summed E-state index contributed by atoms with van der Waals surface area (Å²) in [7, 11) is 0. The van der Waals surface area contributed by atoms with Gasteiger partial charge in [-0.2, -0.15) is 0 Å². The average Bonchev–Trinajstić information content (AvgIpc) is 3.11. The van der Waals surface area contributed by atoms with E-state index in [4.69, 9.17) is 9.72 Å². The van der Waals surface area contributed by atoms with Gasteiger partial charge in [0, 0.05) is 41.8 Å². The summed E-state index contributed by atoms with van der Waals surface area (Å²) in [5.41, 5.74) is 3.70. The van der Waals surface area contributed by atoms with E-state index < -0.39 is 0 Å². The van der Waals surface area contributed by atoms with Gasteiger partial charge in [-0.15, -0.1) is 0 Å². The highest BCUT2D eigenvalue weighted by Crippen LogP contribution is 2.26. The van der Waals surface area contributed by atoms with Crippen LogP contribution in [0.3, 0.4) is 0 Å². The highest BCUT2D eigenvalue weighted by Gasteiger charge is 2.11. The molecule has 0 amide bonds. The van der Waals surface area contributed by atoms with Crippen molar-refractivity contribution in [3.05, 3.63) is 53.9 Å². The molecule has 0 aliphatic carbocycles. The molecule has 4 rings (SSSR count). The van der Waals surface area contributed by atoms with Gasteiger partial charge in [0.05, 0.1) is 6.61 Å². The molecule has 1 unspecified atom stereocenters. The maximum absolute atomic E-state index is 6.01. The third kappa shape index (κ3) is 3.95. The second kappa shape index (κ2) is 8.03. The zero-order valence-corrected chi connectivity index (χ0v) is 16.4. The van der Waals surface area contributed by atoms with Gasteiger partial charge in [0.15, 0.2) is 0 Å². The van der Waals surface area contributed by atoms with Crippen molar-refractivity contribution < 1.29 is 4.74 Å². The van der Waals surface area contributed by atoms with Crippen molar-refractivity contribution in [2.45, 2.75) is 52.0 Å². The number of aryl methyl sites for hydroxylation is 1. The van der Waals surface area contributed by atoms with E-state index in [-0.39, 0.29) is 0 Å². The quantitative estimate of drug-likeness (QED) is 0.613. The summed E-state index contributed by atoms with van der Waals surface area (Å²) in [4.78, 5) is 4.74. The number of benzene rings is 1. The summed E-state index contributed by atoms with van der Waals surface area (Å²) >= 11 is 0. The van der Waals surface area contributed by atoms with E-state index in [1.807, 2.05) is 0 Å². The number of hydrogen-bond acceptors (Lipinski definition) is 3. The molecular formula is C23H29N3O. The summed E-state index contributed by atoms with van der Waals surface area (Å²) in [6, 6.07) is 13.5. The molecule has 4 nitrogen and oxygen atoms in total.